The molecule has 0 bridgehead atoms. The first-order valence-corrected chi connectivity index (χ1v) is 4.62. The average molecular weight is 212 g/mol. The van der Waals surface area contributed by atoms with Gasteiger partial charge in [-0.1, -0.05) is 6.07 Å². The van der Waals surface area contributed by atoms with Crippen LogP contribution in [0.5, 0.6) is 11.5 Å². The Kier molecular flexibility index (Phi) is 3.66. The van der Waals surface area contributed by atoms with Crippen LogP contribution in [0.1, 0.15) is 24.2 Å². The van der Waals surface area contributed by atoms with Crippen LogP contribution in [0.4, 0.5) is 4.39 Å². The van der Waals surface area contributed by atoms with Crippen molar-refractivity contribution >= 4 is 5.78 Å². The van der Waals surface area contributed by atoms with E-state index in [9.17, 15) is 14.3 Å². The van der Waals surface area contributed by atoms with Crippen molar-refractivity contribution in [1.82, 2.24) is 0 Å². The molecule has 0 aliphatic heterocycles. The van der Waals surface area contributed by atoms with Crippen LogP contribution in [0.3, 0.4) is 0 Å². The Morgan fingerprint density at radius 3 is 2.80 bits per heavy atom. The molecule has 0 saturated carbocycles. The van der Waals surface area contributed by atoms with Crippen LogP contribution in [-0.2, 0) is 0 Å². The number of carbonyl (C=O) groups excluding carboxylic acids is 1. The van der Waals surface area contributed by atoms with Gasteiger partial charge in [0.25, 0.3) is 0 Å². The number of Topliss-reactive ketones (excluding diaryl/α,β-unsaturated/α-hetero) is 1. The second-order valence-corrected chi connectivity index (χ2v) is 3.30. The van der Waals surface area contributed by atoms with Gasteiger partial charge in [0.15, 0.2) is 5.78 Å². The molecule has 0 saturated heterocycles. The van der Waals surface area contributed by atoms with E-state index in [0.717, 1.165) is 0 Å². The molecule has 0 aliphatic carbocycles. The molecule has 3 nitrogen and oxygen atoms in total. The molecule has 82 valence electrons. The smallest absolute Gasteiger partial charge is 0.167 e. The summed E-state index contributed by atoms with van der Waals surface area (Å²) in [5.74, 6) is -0.242. The first kappa shape index (κ1) is 11.5. The summed E-state index contributed by atoms with van der Waals surface area (Å²) in [5.41, 5.74) is 0.0955. The number of hydrogen-bond donors (Lipinski definition) is 1. The number of ether oxygens (including phenoxy) is 1. The fourth-order valence-electron chi connectivity index (χ4n) is 1.20. The molecule has 1 aromatic carbocycles. The number of alkyl halides is 1. The predicted octanol–water partition coefficient (Wildman–Crippen LogP) is 2.33. The lowest BCUT2D eigenvalue weighted by Gasteiger charge is -2.11. The van der Waals surface area contributed by atoms with E-state index in [1.807, 2.05) is 0 Å². The molecule has 4 heteroatoms. The Balaban J connectivity index is 2.96. The number of carbonyl (C=O) groups is 1. The third-order valence-corrected chi connectivity index (χ3v) is 1.82. The minimum atomic E-state index is -1.12. The van der Waals surface area contributed by atoms with Crippen molar-refractivity contribution in [2.24, 2.45) is 0 Å². The van der Waals surface area contributed by atoms with Crippen LogP contribution in [0, 0.1) is 0 Å². The van der Waals surface area contributed by atoms with E-state index in [-0.39, 0.29) is 29.5 Å². The zero-order chi connectivity index (χ0) is 11.4. The number of phenols is 1. The Hall–Kier alpha value is -1.58. The normalized spacial score (nSPS) is 12.2. The van der Waals surface area contributed by atoms with Gasteiger partial charge >= 0.3 is 0 Å². The molecule has 15 heavy (non-hydrogen) atoms. The number of aromatic hydroxyl groups is 1. The van der Waals surface area contributed by atoms with Gasteiger partial charge in [-0.3, -0.25) is 4.79 Å². The highest BCUT2D eigenvalue weighted by molar-refractivity contribution is 5.99. The second kappa shape index (κ2) is 4.77. The summed E-state index contributed by atoms with van der Waals surface area (Å²) in [6.45, 7) is 2.54. The van der Waals surface area contributed by atoms with E-state index in [1.165, 1.54) is 26.0 Å². The van der Waals surface area contributed by atoms with Gasteiger partial charge in [0.2, 0.25) is 0 Å². The number of rotatable bonds is 4. The van der Waals surface area contributed by atoms with E-state index in [1.54, 1.807) is 6.07 Å². The molecule has 0 amide bonds. The molecule has 0 aliphatic rings. The molecule has 1 aromatic rings. The molecule has 1 atom stereocenters. The number of benzene rings is 1. The summed E-state index contributed by atoms with van der Waals surface area (Å²) < 4.78 is 17.6. The van der Waals surface area contributed by atoms with E-state index >= 15 is 0 Å². The second-order valence-electron chi connectivity index (χ2n) is 3.30. The zero-order valence-electron chi connectivity index (χ0n) is 8.66. The molecule has 1 unspecified atom stereocenters. The van der Waals surface area contributed by atoms with Crippen LogP contribution in [-0.4, -0.2) is 23.7 Å². The third-order valence-electron chi connectivity index (χ3n) is 1.82. The quantitative estimate of drug-likeness (QED) is 0.779. The largest absolute Gasteiger partial charge is 0.507 e. The van der Waals surface area contributed by atoms with Crippen molar-refractivity contribution < 1.29 is 19.0 Å². The van der Waals surface area contributed by atoms with Gasteiger partial charge in [0, 0.05) is 0 Å². The van der Waals surface area contributed by atoms with Gasteiger partial charge in [-0.2, -0.15) is 0 Å². The van der Waals surface area contributed by atoms with Crippen LogP contribution >= 0.6 is 0 Å². The number of hydrogen-bond acceptors (Lipinski definition) is 3. The molecule has 0 aromatic heterocycles. The summed E-state index contributed by atoms with van der Waals surface area (Å²) in [4.78, 5) is 11.2. The fourth-order valence-corrected chi connectivity index (χ4v) is 1.20. The van der Waals surface area contributed by atoms with E-state index < -0.39 is 6.17 Å². The minimum Gasteiger partial charge on any atom is -0.507 e. The first-order valence-electron chi connectivity index (χ1n) is 4.62. The molecule has 1 rings (SSSR count). The summed E-state index contributed by atoms with van der Waals surface area (Å²) in [5, 5.41) is 9.43. The van der Waals surface area contributed by atoms with E-state index in [0.29, 0.717) is 0 Å². The maximum Gasteiger partial charge on any atom is 0.167 e. The van der Waals surface area contributed by atoms with Crippen molar-refractivity contribution in [3.05, 3.63) is 23.8 Å². The van der Waals surface area contributed by atoms with Crippen LogP contribution in [0.25, 0.3) is 0 Å². The predicted molar refractivity (Wildman–Crippen MR) is 54.2 cm³/mol. The van der Waals surface area contributed by atoms with Gasteiger partial charge in [0.1, 0.15) is 29.8 Å². The van der Waals surface area contributed by atoms with Gasteiger partial charge in [0.05, 0.1) is 0 Å². The van der Waals surface area contributed by atoms with E-state index in [4.69, 9.17) is 4.74 Å². The van der Waals surface area contributed by atoms with Crippen molar-refractivity contribution in [1.29, 1.82) is 0 Å². The molecule has 0 fully saturated rings. The van der Waals surface area contributed by atoms with Crippen LogP contribution in [0.2, 0.25) is 0 Å². The topological polar surface area (TPSA) is 46.5 Å². The fraction of sp³-hybridized carbons (Fsp3) is 0.364. The summed E-state index contributed by atoms with van der Waals surface area (Å²) in [7, 11) is 0. The summed E-state index contributed by atoms with van der Waals surface area (Å²) >= 11 is 0. The number of phenolic OH excluding ortho intramolecular Hbond substituents is 1. The van der Waals surface area contributed by atoms with Crippen molar-refractivity contribution in [2.75, 3.05) is 6.61 Å². The molecule has 1 N–H and O–H groups in total. The highest BCUT2D eigenvalue weighted by Gasteiger charge is 2.14. The lowest BCUT2D eigenvalue weighted by molar-refractivity contribution is 0.100. The van der Waals surface area contributed by atoms with E-state index in [2.05, 4.69) is 0 Å². The summed E-state index contributed by atoms with van der Waals surface area (Å²) in [6, 6.07) is 4.46. The van der Waals surface area contributed by atoms with Gasteiger partial charge < -0.3 is 9.84 Å². The molecule has 0 radical (unpaired) electrons. The lowest BCUT2D eigenvalue weighted by Crippen LogP contribution is -2.10. The Morgan fingerprint density at radius 1 is 1.60 bits per heavy atom. The number of halogens is 1. The standard InChI is InChI=1S/C11H13FO3/c1-7(12)6-15-10-5-3-4-9(14)11(10)8(2)13/h3-5,7,14H,6H2,1-2H3. The average Bonchev–Trinajstić information content (AvgIpc) is 2.13. The Labute approximate surface area is 87.5 Å². The number of ketones is 1. The highest BCUT2D eigenvalue weighted by atomic mass is 19.1. The van der Waals surface area contributed by atoms with Crippen molar-refractivity contribution in [3.8, 4) is 11.5 Å². The molecule has 0 spiro atoms. The Morgan fingerprint density at radius 2 is 2.27 bits per heavy atom. The first-order chi connectivity index (χ1) is 7.02. The Bertz CT molecular complexity index is 361. The lowest BCUT2D eigenvalue weighted by atomic mass is 10.1. The van der Waals surface area contributed by atoms with Crippen molar-refractivity contribution in [2.45, 2.75) is 20.0 Å². The monoisotopic (exact) mass is 212 g/mol. The molecular weight excluding hydrogens is 199 g/mol. The van der Waals surface area contributed by atoms with Gasteiger partial charge in [-0.05, 0) is 26.0 Å². The van der Waals surface area contributed by atoms with Crippen LogP contribution in [0.15, 0.2) is 18.2 Å². The maximum atomic E-state index is 12.5. The van der Waals surface area contributed by atoms with Gasteiger partial charge in [-0.15, -0.1) is 0 Å². The van der Waals surface area contributed by atoms with Crippen LogP contribution < -0.4 is 4.74 Å². The molecular formula is C11H13FO3. The highest BCUT2D eigenvalue weighted by Crippen LogP contribution is 2.27. The van der Waals surface area contributed by atoms with Gasteiger partial charge in [-0.25, -0.2) is 4.39 Å². The minimum absolute atomic E-state index is 0.0955. The third kappa shape index (κ3) is 2.94. The molecule has 0 heterocycles. The zero-order valence-corrected chi connectivity index (χ0v) is 8.66. The SMILES string of the molecule is CC(=O)c1c(O)cccc1OCC(C)F. The van der Waals surface area contributed by atoms with Crippen molar-refractivity contribution in [3.63, 3.8) is 0 Å². The maximum absolute atomic E-state index is 12.5. The summed E-state index contributed by atoms with van der Waals surface area (Å²) in [6.07, 6.45) is -1.12.